The molecule has 1 fully saturated rings. The van der Waals surface area contributed by atoms with E-state index in [1.807, 2.05) is 43.0 Å². The summed E-state index contributed by atoms with van der Waals surface area (Å²) in [6.45, 7) is 3.81. The summed E-state index contributed by atoms with van der Waals surface area (Å²) in [5.74, 6) is 0.886. The molecule has 8 heteroatoms. The Labute approximate surface area is 202 Å². The summed E-state index contributed by atoms with van der Waals surface area (Å²) in [5.41, 5.74) is 5.15. The number of hydrogen-bond acceptors (Lipinski definition) is 7. The number of pyridine rings is 4. The minimum atomic E-state index is 0.0278. The van der Waals surface area contributed by atoms with Crippen LogP contribution in [0.3, 0.4) is 0 Å². The van der Waals surface area contributed by atoms with E-state index in [0.717, 1.165) is 70.6 Å². The van der Waals surface area contributed by atoms with Crippen molar-refractivity contribution in [1.29, 1.82) is 0 Å². The number of H-pyrrole nitrogens is 1. The van der Waals surface area contributed by atoms with Crippen LogP contribution in [-0.4, -0.2) is 68.8 Å². The third-order valence-electron chi connectivity index (χ3n) is 6.65. The van der Waals surface area contributed by atoms with Crippen LogP contribution in [0.4, 0.5) is 5.82 Å². The fourth-order valence-corrected chi connectivity index (χ4v) is 4.60. The maximum atomic E-state index is 13.1. The minimum absolute atomic E-state index is 0.0278. The highest BCUT2D eigenvalue weighted by atomic mass is 16.1. The van der Waals surface area contributed by atoms with Gasteiger partial charge in [-0.25, -0.2) is 4.98 Å². The lowest BCUT2D eigenvalue weighted by atomic mass is 10.0. The smallest absolute Gasteiger partial charge is 0.169 e. The van der Waals surface area contributed by atoms with Gasteiger partial charge in [-0.3, -0.25) is 19.7 Å². The molecule has 0 amide bonds. The number of nitrogens with one attached hydrogen (secondary N) is 1. The highest BCUT2D eigenvalue weighted by Crippen LogP contribution is 2.29. The highest BCUT2D eigenvalue weighted by molar-refractivity contribution is 5.99. The van der Waals surface area contributed by atoms with Crippen LogP contribution in [0.25, 0.3) is 32.9 Å². The fraction of sp³-hybridized carbons (Fsp3) is 0.222. The zero-order valence-corrected chi connectivity index (χ0v) is 19.5. The molecule has 0 atom stereocenters. The molecule has 0 spiro atoms. The summed E-state index contributed by atoms with van der Waals surface area (Å²) in [6.07, 6.45) is 11.1. The third-order valence-corrected chi connectivity index (χ3v) is 6.65. The molecule has 6 rings (SSSR count). The predicted molar refractivity (Wildman–Crippen MR) is 137 cm³/mol. The number of Topliss-reactive ketones (excluding diaryl/α,β-unsaturated/α-hetero) is 1. The number of fused-ring (bicyclic) bond motifs is 2. The Morgan fingerprint density at radius 1 is 0.971 bits per heavy atom. The number of anilines is 1. The quantitative estimate of drug-likeness (QED) is 0.397. The molecule has 0 saturated carbocycles. The van der Waals surface area contributed by atoms with Gasteiger partial charge in [0, 0.05) is 84.1 Å². The molecule has 5 aromatic rings. The fourth-order valence-electron chi connectivity index (χ4n) is 4.60. The van der Waals surface area contributed by atoms with E-state index in [-0.39, 0.29) is 12.2 Å². The SMILES string of the molecule is CN1CCN(c2cc(C(=O)Cc3cc4cc(-c5cncc6[nH]ccc56)cnc4cn3)ccn2)CC1. The molecule has 6 heterocycles. The average Bonchev–Trinajstić information content (AvgIpc) is 3.38. The van der Waals surface area contributed by atoms with Crippen LogP contribution < -0.4 is 4.90 Å². The maximum absolute atomic E-state index is 13.1. The first-order chi connectivity index (χ1) is 17.1. The number of rotatable bonds is 5. The van der Waals surface area contributed by atoms with Crippen molar-refractivity contribution in [3.8, 4) is 11.1 Å². The first kappa shape index (κ1) is 21.4. The second kappa shape index (κ2) is 8.88. The molecular formula is C27H25N7O. The monoisotopic (exact) mass is 463 g/mol. The summed E-state index contributed by atoms with van der Waals surface area (Å²) < 4.78 is 0. The normalized spacial score (nSPS) is 14.6. The number of likely N-dealkylation sites (N-methyl/N-ethyl adjacent to an activating group) is 1. The van der Waals surface area contributed by atoms with Crippen LogP contribution in [0, 0.1) is 0 Å². The lowest BCUT2D eigenvalue weighted by Gasteiger charge is -2.33. The van der Waals surface area contributed by atoms with Crippen molar-refractivity contribution < 1.29 is 4.79 Å². The van der Waals surface area contributed by atoms with Gasteiger partial charge >= 0.3 is 0 Å². The van der Waals surface area contributed by atoms with E-state index in [1.165, 1.54) is 0 Å². The molecule has 0 unspecified atom stereocenters. The summed E-state index contributed by atoms with van der Waals surface area (Å²) in [5, 5.41) is 2.04. The molecule has 5 aromatic heterocycles. The number of nitrogens with zero attached hydrogens (tertiary/aromatic N) is 6. The van der Waals surface area contributed by atoms with Gasteiger partial charge in [-0.1, -0.05) is 0 Å². The first-order valence-corrected chi connectivity index (χ1v) is 11.7. The Morgan fingerprint density at radius 2 is 1.86 bits per heavy atom. The Bertz CT molecular complexity index is 1540. The van der Waals surface area contributed by atoms with Crippen LogP contribution in [0.2, 0.25) is 0 Å². The van der Waals surface area contributed by atoms with E-state index in [0.29, 0.717) is 5.56 Å². The average molecular weight is 464 g/mol. The van der Waals surface area contributed by atoms with E-state index in [1.54, 1.807) is 18.5 Å². The molecule has 1 N–H and O–H groups in total. The van der Waals surface area contributed by atoms with E-state index < -0.39 is 0 Å². The van der Waals surface area contributed by atoms with Gasteiger partial charge in [0.05, 0.1) is 29.8 Å². The zero-order chi connectivity index (χ0) is 23.8. The molecule has 1 saturated heterocycles. The molecule has 1 aliphatic heterocycles. The van der Waals surface area contributed by atoms with E-state index >= 15 is 0 Å². The Balaban J connectivity index is 1.26. The van der Waals surface area contributed by atoms with E-state index in [9.17, 15) is 4.79 Å². The second-order valence-corrected chi connectivity index (χ2v) is 9.01. The third kappa shape index (κ3) is 4.24. The topological polar surface area (TPSA) is 90.9 Å². The summed E-state index contributed by atoms with van der Waals surface area (Å²) >= 11 is 0. The number of carbonyl (C=O) groups excluding carboxylic acids is 1. The van der Waals surface area contributed by atoms with Gasteiger partial charge in [0.2, 0.25) is 0 Å². The largest absolute Gasteiger partial charge is 0.360 e. The van der Waals surface area contributed by atoms with Gasteiger partial charge in [-0.05, 0) is 37.4 Å². The van der Waals surface area contributed by atoms with Crippen LogP contribution in [0.1, 0.15) is 16.1 Å². The van der Waals surface area contributed by atoms with Crippen molar-refractivity contribution >= 4 is 33.4 Å². The van der Waals surface area contributed by atoms with Crippen LogP contribution in [0.5, 0.6) is 0 Å². The van der Waals surface area contributed by atoms with Gasteiger partial charge < -0.3 is 14.8 Å². The van der Waals surface area contributed by atoms with E-state index in [4.69, 9.17) is 0 Å². The van der Waals surface area contributed by atoms with Crippen LogP contribution in [-0.2, 0) is 6.42 Å². The molecule has 0 bridgehead atoms. The Morgan fingerprint density at radius 3 is 2.74 bits per heavy atom. The summed E-state index contributed by atoms with van der Waals surface area (Å²) in [6, 6.07) is 9.76. The lowest BCUT2D eigenvalue weighted by molar-refractivity contribution is 0.0992. The summed E-state index contributed by atoms with van der Waals surface area (Å²) in [7, 11) is 2.12. The standard InChI is InChI=1S/C27H25N7O/c1-33-6-8-34(9-7-33)27-12-18(2-4-30-27)26(35)13-21-11-19-10-20(14-32-24(19)17-31-21)23-15-28-16-25-22(23)3-5-29-25/h2-5,10-12,14-17,29H,6-9,13H2,1H3. The zero-order valence-electron chi connectivity index (χ0n) is 19.5. The minimum Gasteiger partial charge on any atom is -0.360 e. The molecule has 174 valence electrons. The number of aromatic nitrogens is 5. The van der Waals surface area contributed by atoms with Gasteiger partial charge in [-0.15, -0.1) is 0 Å². The number of ketones is 1. The lowest BCUT2D eigenvalue weighted by Crippen LogP contribution is -2.44. The van der Waals surface area contributed by atoms with Crippen molar-refractivity contribution in [1.82, 2.24) is 29.8 Å². The predicted octanol–water partition coefficient (Wildman–Crippen LogP) is 3.75. The molecule has 0 aliphatic carbocycles. The molecule has 1 aliphatic rings. The number of carbonyl (C=O) groups is 1. The first-order valence-electron chi connectivity index (χ1n) is 11.7. The van der Waals surface area contributed by atoms with Gasteiger partial charge in [-0.2, -0.15) is 0 Å². The number of hydrogen-bond donors (Lipinski definition) is 1. The second-order valence-electron chi connectivity index (χ2n) is 9.01. The van der Waals surface area contributed by atoms with Gasteiger partial charge in [0.15, 0.2) is 5.78 Å². The number of piperazine rings is 1. The van der Waals surface area contributed by atoms with Crippen LogP contribution in [0.15, 0.2) is 67.5 Å². The molecular weight excluding hydrogens is 438 g/mol. The van der Waals surface area contributed by atoms with Crippen molar-refractivity contribution in [3.05, 3.63) is 78.8 Å². The van der Waals surface area contributed by atoms with Crippen molar-refractivity contribution in [2.24, 2.45) is 0 Å². The van der Waals surface area contributed by atoms with Crippen molar-refractivity contribution in [2.75, 3.05) is 38.1 Å². The molecule has 0 radical (unpaired) electrons. The Kier molecular flexibility index (Phi) is 5.42. The van der Waals surface area contributed by atoms with E-state index in [2.05, 4.69) is 47.8 Å². The molecule has 0 aromatic carbocycles. The molecule has 35 heavy (non-hydrogen) atoms. The van der Waals surface area contributed by atoms with Crippen LogP contribution >= 0.6 is 0 Å². The molecule has 8 nitrogen and oxygen atoms in total. The van der Waals surface area contributed by atoms with Gasteiger partial charge in [0.1, 0.15) is 5.82 Å². The van der Waals surface area contributed by atoms with Crippen molar-refractivity contribution in [2.45, 2.75) is 6.42 Å². The van der Waals surface area contributed by atoms with Gasteiger partial charge in [0.25, 0.3) is 0 Å². The maximum Gasteiger partial charge on any atom is 0.169 e. The highest BCUT2D eigenvalue weighted by Gasteiger charge is 2.17. The van der Waals surface area contributed by atoms with Crippen molar-refractivity contribution in [3.63, 3.8) is 0 Å². The summed E-state index contributed by atoms with van der Waals surface area (Å²) in [4.78, 5) is 38.8. The Hall–Kier alpha value is -4.17. The number of aromatic amines is 1.